The van der Waals surface area contributed by atoms with Crippen LogP contribution in [-0.2, 0) is 4.79 Å². The number of Topliss-reactive ketones (excluding diaryl/α,β-unsaturated/α-hetero) is 1. The normalized spacial score (nSPS) is 28.0. The van der Waals surface area contributed by atoms with Crippen LogP contribution in [0.25, 0.3) is 0 Å². The summed E-state index contributed by atoms with van der Waals surface area (Å²) in [4.78, 5) is 10.6. The first-order valence-corrected chi connectivity index (χ1v) is 3.55. The smallest absolute Gasteiger partial charge is 0.141 e. The highest BCUT2D eigenvalue weighted by Crippen LogP contribution is 2.31. The molecule has 0 spiro atoms. The molecule has 50 valence electrons. The van der Waals surface area contributed by atoms with Crippen LogP contribution in [0.15, 0.2) is 10.6 Å². The monoisotopic (exact) mass is 164 g/mol. The Morgan fingerprint density at radius 2 is 2.44 bits per heavy atom. The van der Waals surface area contributed by atoms with E-state index < -0.39 is 0 Å². The van der Waals surface area contributed by atoms with Crippen molar-refractivity contribution in [1.29, 1.82) is 0 Å². The summed E-state index contributed by atoms with van der Waals surface area (Å²) in [5.41, 5.74) is 1.27. The van der Waals surface area contributed by atoms with Gasteiger partial charge in [0.2, 0.25) is 0 Å². The predicted octanol–water partition coefficient (Wildman–Crippen LogP) is 2.28. The molecule has 0 aromatic rings. The van der Waals surface area contributed by atoms with E-state index >= 15 is 0 Å². The Balaban J connectivity index is 2.54. The number of carbonyl (C=O) groups is 1. The second-order valence-corrected chi connectivity index (χ2v) is 2.71. The maximum absolute atomic E-state index is 10.6. The van der Waals surface area contributed by atoms with Gasteiger partial charge in [-0.25, -0.2) is 0 Å². The minimum absolute atomic E-state index is 0.0795. The van der Waals surface area contributed by atoms with E-state index in [4.69, 9.17) is 23.2 Å². The number of hydrogen-bond acceptors (Lipinski definition) is 1. The van der Waals surface area contributed by atoms with Gasteiger partial charge in [0, 0.05) is 17.0 Å². The van der Waals surface area contributed by atoms with Crippen molar-refractivity contribution < 1.29 is 4.79 Å². The van der Waals surface area contributed by atoms with Gasteiger partial charge in [-0.3, -0.25) is 4.79 Å². The summed E-state index contributed by atoms with van der Waals surface area (Å²) in [7, 11) is 0. The van der Waals surface area contributed by atoms with Gasteiger partial charge in [-0.05, 0) is 6.42 Å². The van der Waals surface area contributed by atoms with Gasteiger partial charge in [-0.2, -0.15) is 0 Å². The number of rotatable bonds is 1. The van der Waals surface area contributed by atoms with E-state index in [1.807, 2.05) is 0 Å². The van der Waals surface area contributed by atoms with E-state index in [1.54, 1.807) is 0 Å². The lowest BCUT2D eigenvalue weighted by molar-refractivity contribution is -0.127. The number of halogens is 2. The Morgan fingerprint density at radius 1 is 1.78 bits per heavy atom. The molecule has 0 N–H and O–H groups in total. The van der Waals surface area contributed by atoms with Crippen LogP contribution < -0.4 is 0 Å². The van der Waals surface area contributed by atoms with Gasteiger partial charge in [-0.15, -0.1) is 0 Å². The number of ketones is 1. The van der Waals surface area contributed by atoms with Crippen molar-refractivity contribution in [3.8, 4) is 0 Å². The molecule has 1 unspecified atom stereocenters. The molecular formula is C6H6Cl2O. The molecule has 0 amide bonds. The Kier molecular flexibility index (Phi) is 2.14. The zero-order valence-corrected chi connectivity index (χ0v) is 6.24. The topological polar surface area (TPSA) is 17.1 Å². The molecule has 0 saturated heterocycles. The summed E-state index contributed by atoms with van der Waals surface area (Å²) >= 11 is 10.8. The summed E-state index contributed by atoms with van der Waals surface area (Å²) in [6.45, 7) is 0. The molecule has 0 heterocycles. The zero-order valence-electron chi connectivity index (χ0n) is 4.73. The Labute approximate surface area is 63.6 Å². The first-order valence-electron chi connectivity index (χ1n) is 2.74. The van der Waals surface area contributed by atoms with Crippen LogP contribution in [-0.4, -0.2) is 5.78 Å². The number of carbonyl (C=O) groups excluding carboxylic acids is 1. The Bertz CT molecular complexity index is 162. The van der Waals surface area contributed by atoms with E-state index in [1.165, 1.54) is 5.54 Å². The summed E-state index contributed by atoms with van der Waals surface area (Å²) < 4.78 is 0. The largest absolute Gasteiger partial charge is 0.299 e. The fourth-order valence-electron chi connectivity index (χ4n) is 0.774. The van der Waals surface area contributed by atoms with Crippen LogP contribution in [0.5, 0.6) is 0 Å². The van der Waals surface area contributed by atoms with Crippen LogP contribution in [0.2, 0.25) is 0 Å². The average Bonchev–Trinajstić information content (AvgIpc) is 1.84. The van der Waals surface area contributed by atoms with Crippen molar-refractivity contribution in [3.63, 3.8) is 0 Å². The fourth-order valence-corrected chi connectivity index (χ4v) is 1.16. The molecule has 1 rings (SSSR count). The van der Waals surface area contributed by atoms with E-state index in [9.17, 15) is 4.79 Å². The minimum Gasteiger partial charge on any atom is -0.299 e. The molecule has 1 fully saturated rings. The first-order chi connectivity index (χ1) is 4.25. The van der Waals surface area contributed by atoms with Gasteiger partial charge >= 0.3 is 0 Å². The molecule has 0 aromatic heterocycles. The van der Waals surface area contributed by atoms with Crippen LogP contribution in [0.1, 0.15) is 12.8 Å². The van der Waals surface area contributed by atoms with Crippen molar-refractivity contribution >= 4 is 29.0 Å². The second kappa shape index (κ2) is 2.72. The molecule has 1 aliphatic rings. The molecule has 1 saturated carbocycles. The third-order valence-corrected chi connectivity index (χ3v) is 2.22. The SMILES string of the molecule is O=C1CCC1/C(Cl)=C/Cl. The first kappa shape index (κ1) is 7.10. The van der Waals surface area contributed by atoms with Crippen LogP contribution in [0.3, 0.4) is 0 Å². The molecule has 0 aliphatic heterocycles. The van der Waals surface area contributed by atoms with Crippen LogP contribution >= 0.6 is 23.2 Å². The van der Waals surface area contributed by atoms with Gasteiger partial charge in [0.25, 0.3) is 0 Å². The molecule has 1 nitrogen and oxygen atoms in total. The lowest BCUT2D eigenvalue weighted by atomic mass is 9.84. The van der Waals surface area contributed by atoms with E-state index in [0.29, 0.717) is 11.5 Å². The number of allylic oxidation sites excluding steroid dienone is 1. The van der Waals surface area contributed by atoms with Crippen molar-refractivity contribution in [2.24, 2.45) is 5.92 Å². The predicted molar refractivity (Wildman–Crippen MR) is 37.5 cm³/mol. The Hall–Kier alpha value is -0.0100. The summed E-state index contributed by atoms with van der Waals surface area (Å²) in [6.07, 6.45) is 1.52. The maximum Gasteiger partial charge on any atom is 0.141 e. The fraction of sp³-hybridized carbons (Fsp3) is 0.500. The quantitative estimate of drug-likeness (QED) is 0.582. The van der Waals surface area contributed by atoms with Crippen molar-refractivity contribution in [2.45, 2.75) is 12.8 Å². The van der Waals surface area contributed by atoms with Crippen molar-refractivity contribution in [3.05, 3.63) is 10.6 Å². The van der Waals surface area contributed by atoms with Gasteiger partial charge in [-0.1, -0.05) is 23.2 Å². The van der Waals surface area contributed by atoms with E-state index in [-0.39, 0.29) is 11.7 Å². The molecule has 9 heavy (non-hydrogen) atoms. The number of hydrogen-bond donors (Lipinski definition) is 0. The van der Waals surface area contributed by atoms with E-state index in [2.05, 4.69) is 0 Å². The zero-order chi connectivity index (χ0) is 6.85. The van der Waals surface area contributed by atoms with Gasteiger partial charge < -0.3 is 0 Å². The van der Waals surface area contributed by atoms with Crippen LogP contribution in [0.4, 0.5) is 0 Å². The summed E-state index contributed by atoms with van der Waals surface area (Å²) in [5.74, 6) is 0.126. The highest BCUT2D eigenvalue weighted by molar-refractivity contribution is 6.37. The lowest BCUT2D eigenvalue weighted by Gasteiger charge is -2.22. The molecule has 1 aliphatic carbocycles. The second-order valence-electron chi connectivity index (χ2n) is 2.05. The van der Waals surface area contributed by atoms with Gasteiger partial charge in [0.05, 0.1) is 5.92 Å². The molecule has 3 heteroatoms. The highest BCUT2D eigenvalue weighted by Gasteiger charge is 2.30. The molecule has 0 bridgehead atoms. The summed E-state index contributed by atoms with van der Waals surface area (Å²) in [5, 5.41) is 0.480. The molecule has 0 aromatic carbocycles. The van der Waals surface area contributed by atoms with Crippen LogP contribution in [0, 0.1) is 5.92 Å². The van der Waals surface area contributed by atoms with Gasteiger partial charge in [0.15, 0.2) is 0 Å². The Morgan fingerprint density at radius 3 is 2.56 bits per heavy atom. The third kappa shape index (κ3) is 1.28. The maximum atomic E-state index is 10.6. The summed E-state index contributed by atoms with van der Waals surface area (Å²) in [6, 6.07) is 0. The molecular weight excluding hydrogens is 159 g/mol. The standard InChI is InChI=1S/C6H6Cl2O/c7-3-5(8)4-1-2-6(4)9/h3-4H,1-2H2/b5-3-. The van der Waals surface area contributed by atoms with Crippen molar-refractivity contribution in [2.75, 3.05) is 0 Å². The minimum atomic E-state index is -0.0795. The van der Waals surface area contributed by atoms with E-state index in [0.717, 1.165) is 6.42 Å². The average molecular weight is 165 g/mol. The molecule has 0 radical (unpaired) electrons. The molecule has 1 atom stereocenters. The third-order valence-electron chi connectivity index (χ3n) is 1.51. The highest BCUT2D eigenvalue weighted by atomic mass is 35.5. The lowest BCUT2D eigenvalue weighted by Crippen LogP contribution is -2.25. The van der Waals surface area contributed by atoms with Crippen molar-refractivity contribution in [1.82, 2.24) is 0 Å². The van der Waals surface area contributed by atoms with Gasteiger partial charge in [0.1, 0.15) is 5.78 Å².